The molecule has 1 aliphatic carbocycles. The van der Waals surface area contributed by atoms with Crippen LogP contribution in [0.2, 0.25) is 0 Å². The van der Waals surface area contributed by atoms with Crippen molar-refractivity contribution in [2.45, 2.75) is 32.2 Å². The number of hydrogen-bond acceptors (Lipinski definition) is 4. The minimum atomic E-state index is -0.199. The Labute approximate surface area is 140 Å². The molecule has 122 valence electrons. The summed E-state index contributed by atoms with van der Waals surface area (Å²) < 4.78 is 0. The topological polar surface area (TPSA) is 65.5 Å². The fraction of sp³-hybridized carbons (Fsp3) is 0.412. The van der Waals surface area contributed by atoms with E-state index < -0.39 is 0 Å². The van der Waals surface area contributed by atoms with E-state index in [0.717, 1.165) is 25.0 Å². The van der Waals surface area contributed by atoms with Crippen molar-refractivity contribution in [1.29, 1.82) is 0 Å². The molecule has 0 spiro atoms. The van der Waals surface area contributed by atoms with Gasteiger partial charge in [0.25, 0.3) is 0 Å². The van der Waals surface area contributed by atoms with E-state index in [2.05, 4.69) is 22.4 Å². The lowest BCUT2D eigenvalue weighted by atomic mass is 9.87. The van der Waals surface area contributed by atoms with Gasteiger partial charge in [0.2, 0.25) is 0 Å². The molecule has 6 heteroatoms. The SMILES string of the molecule is Cc1csc(NC(=O)N(CCO)C2CCCc3ccccc32)n1. The van der Waals surface area contributed by atoms with Crippen molar-refractivity contribution in [1.82, 2.24) is 9.88 Å². The Hall–Kier alpha value is -1.92. The van der Waals surface area contributed by atoms with Gasteiger partial charge in [0.1, 0.15) is 0 Å². The normalized spacial score (nSPS) is 16.7. The number of benzene rings is 1. The molecular weight excluding hydrogens is 310 g/mol. The molecule has 23 heavy (non-hydrogen) atoms. The summed E-state index contributed by atoms with van der Waals surface area (Å²) in [6.07, 6.45) is 3.02. The summed E-state index contributed by atoms with van der Waals surface area (Å²) in [4.78, 5) is 18.7. The Morgan fingerprint density at radius 3 is 3.04 bits per heavy atom. The van der Waals surface area contributed by atoms with Crippen molar-refractivity contribution in [2.75, 3.05) is 18.5 Å². The van der Waals surface area contributed by atoms with Crippen LogP contribution < -0.4 is 5.32 Å². The van der Waals surface area contributed by atoms with Crippen LogP contribution in [0.5, 0.6) is 0 Å². The summed E-state index contributed by atoms with van der Waals surface area (Å²) in [5, 5.41) is 14.8. The van der Waals surface area contributed by atoms with E-state index in [1.807, 2.05) is 24.4 Å². The molecule has 1 atom stereocenters. The van der Waals surface area contributed by atoms with Gasteiger partial charge in [-0.15, -0.1) is 11.3 Å². The highest BCUT2D eigenvalue weighted by Gasteiger charge is 2.29. The lowest BCUT2D eigenvalue weighted by Crippen LogP contribution is -2.41. The van der Waals surface area contributed by atoms with E-state index in [9.17, 15) is 9.90 Å². The van der Waals surface area contributed by atoms with Gasteiger partial charge in [-0.05, 0) is 37.3 Å². The highest BCUT2D eigenvalue weighted by atomic mass is 32.1. The molecule has 1 heterocycles. The minimum absolute atomic E-state index is 0.00755. The molecule has 1 aliphatic rings. The van der Waals surface area contributed by atoms with Crippen LogP contribution >= 0.6 is 11.3 Å². The maximum atomic E-state index is 12.7. The smallest absolute Gasteiger partial charge is 0.324 e. The number of carbonyl (C=O) groups excluding carboxylic acids is 1. The molecular formula is C17H21N3O2S. The quantitative estimate of drug-likeness (QED) is 0.903. The number of fused-ring (bicyclic) bond motifs is 1. The van der Waals surface area contributed by atoms with Crippen molar-refractivity contribution in [3.05, 3.63) is 46.5 Å². The van der Waals surface area contributed by atoms with Crippen molar-refractivity contribution in [2.24, 2.45) is 0 Å². The number of aliphatic hydroxyl groups is 1. The third-order valence-corrected chi connectivity index (χ3v) is 5.02. The zero-order valence-corrected chi connectivity index (χ0v) is 14.0. The maximum absolute atomic E-state index is 12.7. The molecule has 0 saturated heterocycles. The number of urea groups is 1. The van der Waals surface area contributed by atoms with Gasteiger partial charge in [-0.2, -0.15) is 0 Å². The van der Waals surface area contributed by atoms with Crippen LogP contribution in [0.15, 0.2) is 29.6 Å². The van der Waals surface area contributed by atoms with Gasteiger partial charge in [0, 0.05) is 11.9 Å². The van der Waals surface area contributed by atoms with Crippen LogP contribution in [-0.4, -0.2) is 34.2 Å². The molecule has 5 nitrogen and oxygen atoms in total. The van der Waals surface area contributed by atoms with Crippen LogP contribution in [0.3, 0.4) is 0 Å². The van der Waals surface area contributed by atoms with E-state index in [-0.39, 0.29) is 18.7 Å². The summed E-state index contributed by atoms with van der Waals surface area (Å²) in [6.45, 7) is 2.16. The van der Waals surface area contributed by atoms with Gasteiger partial charge in [0.15, 0.2) is 5.13 Å². The number of carbonyl (C=O) groups is 1. The molecule has 0 saturated carbocycles. The van der Waals surface area contributed by atoms with Crippen molar-refractivity contribution in [3.8, 4) is 0 Å². The average Bonchev–Trinajstić information content (AvgIpc) is 2.97. The molecule has 0 bridgehead atoms. The zero-order valence-electron chi connectivity index (χ0n) is 13.2. The second-order valence-corrected chi connectivity index (χ2v) is 6.61. The first-order valence-electron chi connectivity index (χ1n) is 7.87. The van der Waals surface area contributed by atoms with E-state index in [1.54, 1.807) is 4.90 Å². The summed E-state index contributed by atoms with van der Waals surface area (Å²) in [7, 11) is 0. The lowest BCUT2D eigenvalue weighted by molar-refractivity contribution is 0.155. The number of amides is 2. The second-order valence-electron chi connectivity index (χ2n) is 5.75. The fourth-order valence-corrected chi connectivity index (χ4v) is 3.81. The van der Waals surface area contributed by atoms with Crippen LogP contribution in [-0.2, 0) is 6.42 Å². The molecule has 2 N–H and O–H groups in total. The monoisotopic (exact) mass is 331 g/mol. The second kappa shape index (κ2) is 7.10. The van der Waals surface area contributed by atoms with Gasteiger partial charge in [-0.1, -0.05) is 24.3 Å². The Kier molecular flexibility index (Phi) is 4.93. The van der Waals surface area contributed by atoms with Crippen molar-refractivity contribution >= 4 is 22.5 Å². The molecule has 2 amide bonds. The molecule has 2 aromatic rings. The zero-order chi connectivity index (χ0) is 16.2. The van der Waals surface area contributed by atoms with E-state index in [4.69, 9.17) is 0 Å². The van der Waals surface area contributed by atoms with Crippen LogP contribution in [0.25, 0.3) is 0 Å². The summed E-state index contributed by atoms with van der Waals surface area (Å²) in [5.41, 5.74) is 3.38. The Morgan fingerprint density at radius 2 is 2.30 bits per heavy atom. The number of nitrogens with one attached hydrogen (secondary N) is 1. The molecule has 1 unspecified atom stereocenters. The largest absolute Gasteiger partial charge is 0.395 e. The molecule has 1 aromatic carbocycles. The number of aryl methyl sites for hydroxylation is 2. The van der Waals surface area contributed by atoms with Crippen LogP contribution in [0.1, 0.15) is 35.7 Å². The number of hydrogen-bond donors (Lipinski definition) is 2. The van der Waals surface area contributed by atoms with E-state index in [1.165, 1.54) is 22.5 Å². The lowest BCUT2D eigenvalue weighted by Gasteiger charge is -2.35. The molecule has 0 aliphatic heterocycles. The summed E-state index contributed by atoms with van der Waals surface area (Å²) in [6, 6.07) is 8.07. The first-order valence-corrected chi connectivity index (χ1v) is 8.75. The van der Waals surface area contributed by atoms with Crippen molar-refractivity contribution < 1.29 is 9.90 Å². The Morgan fingerprint density at radius 1 is 1.48 bits per heavy atom. The first kappa shape index (κ1) is 16.0. The van der Waals surface area contributed by atoms with Gasteiger partial charge >= 0.3 is 6.03 Å². The molecule has 0 fully saturated rings. The first-order chi connectivity index (χ1) is 11.2. The van der Waals surface area contributed by atoms with E-state index in [0.29, 0.717) is 11.7 Å². The third-order valence-electron chi connectivity index (χ3n) is 4.15. The fourth-order valence-electron chi connectivity index (χ4n) is 3.13. The van der Waals surface area contributed by atoms with Gasteiger partial charge in [0.05, 0.1) is 18.3 Å². The molecule has 0 radical (unpaired) electrons. The minimum Gasteiger partial charge on any atom is -0.395 e. The predicted octanol–water partition coefficient (Wildman–Crippen LogP) is 3.36. The number of rotatable bonds is 4. The summed E-state index contributed by atoms with van der Waals surface area (Å²) >= 11 is 1.41. The van der Waals surface area contributed by atoms with Gasteiger partial charge in [-0.25, -0.2) is 9.78 Å². The number of anilines is 1. The highest BCUT2D eigenvalue weighted by molar-refractivity contribution is 7.13. The Bertz CT molecular complexity index is 686. The van der Waals surface area contributed by atoms with Crippen molar-refractivity contribution in [3.63, 3.8) is 0 Å². The summed E-state index contributed by atoms with van der Waals surface area (Å²) in [5.74, 6) is 0. The number of aromatic nitrogens is 1. The molecule has 3 rings (SSSR count). The number of aliphatic hydroxyl groups excluding tert-OH is 1. The number of thiazole rings is 1. The molecule has 1 aromatic heterocycles. The third kappa shape index (κ3) is 3.54. The van der Waals surface area contributed by atoms with Crippen LogP contribution in [0.4, 0.5) is 9.93 Å². The standard InChI is InChI=1S/C17H21N3O2S/c1-12-11-23-16(18-12)19-17(22)20(9-10-21)15-8-4-6-13-5-2-3-7-14(13)15/h2-3,5,7,11,15,21H,4,6,8-10H2,1H3,(H,18,19,22). The van der Waals surface area contributed by atoms with Gasteiger partial charge < -0.3 is 10.0 Å². The maximum Gasteiger partial charge on any atom is 0.324 e. The average molecular weight is 331 g/mol. The Balaban J connectivity index is 1.82. The highest BCUT2D eigenvalue weighted by Crippen LogP contribution is 2.34. The predicted molar refractivity (Wildman–Crippen MR) is 91.8 cm³/mol. The number of nitrogens with zero attached hydrogens (tertiary/aromatic N) is 2. The van der Waals surface area contributed by atoms with E-state index >= 15 is 0 Å². The van der Waals surface area contributed by atoms with Crippen LogP contribution in [0, 0.1) is 6.92 Å². The van der Waals surface area contributed by atoms with Gasteiger partial charge in [-0.3, -0.25) is 5.32 Å².